The summed E-state index contributed by atoms with van der Waals surface area (Å²) >= 11 is 9.31. The normalized spacial score (nSPS) is 11.6. The van der Waals surface area contributed by atoms with Crippen LogP contribution in [0.1, 0.15) is 27.7 Å². The molecule has 0 radical (unpaired) electrons. The molecule has 0 N–H and O–H groups in total. The summed E-state index contributed by atoms with van der Waals surface area (Å²) in [6.07, 6.45) is 0. The van der Waals surface area contributed by atoms with E-state index in [0.717, 1.165) is 0 Å². The summed E-state index contributed by atoms with van der Waals surface area (Å²) in [5.74, 6) is 0. The number of rotatable bonds is 12. The Bertz CT molecular complexity index is 355. The Kier molecular flexibility index (Phi) is 11.3. The zero-order valence-corrected chi connectivity index (χ0v) is 16.2. The lowest BCUT2D eigenvalue weighted by molar-refractivity contribution is 0.0519. The van der Waals surface area contributed by atoms with Gasteiger partial charge >= 0.3 is 17.9 Å². The monoisotopic (exact) mass is 368 g/mol. The average Bonchev–Trinajstić information content (AvgIpc) is 2.40. The first-order chi connectivity index (χ1) is 10.1. The maximum absolute atomic E-state index is 5.87. The van der Waals surface area contributed by atoms with Crippen LogP contribution in [0.3, 0.4) is 0 Å². The molecule has 120 valence electrons. The van der Waals surface area contributed by atoms with Crippen molar-refractivity contribution >= 4 is 52.7 Å². The molecule has 0 rings (SSSR count). The number of hydrogen-bond acceptors (Lipinski definition) is 9. The van der Waals surface area contributed by atoms with Gasteiger partial charge in [-0.15, -0.1) is 0 Å². The van der Waals surface area contributed by atoms with Gasteiger partial charge in [-0.25, -0.2) is 0 Å². The largest absolute Gasteiger partial charge is 0.655 e. The summed E-state index contributed by atoms with van der Waals surface area (Å²) in [4.78, 5) is 0. The van der Waals surface area contributed by atoms with Gasteiger partial charge in [0.15, 0.2) is 0 Å². The summed E-state index contributed by atoms with van der Waals surface area (Å²) in [5.41, 5.74) is 0. The average molecular weight is 369 g/mol. The minimum absolute atomic E-state index is 0.316. The van der Waals surface area contributed by atoms with Crippen molar-refractivity contribution in [2.75, 3.05) is 26.4 Å². The van der Waals surface area contributed by atoms with E-state index in [0.29, 0.717) is 26.4 Å². The SMILES string of the molecule is CCO[Si](N=C=S)(OCC)O[Si](N=C=S)(OCC)OCC. The molecule has 0 aliphatic carbocycles. The summed E-state index contributed by atoms with van der Waals surface area (Å²) in [6.45, 7) is 8.42. The Labute approximate surface area is 138 Å². The van der Waals surface area contributed by atoms with Crippen molar-refractivity contribution in [3.05, 3.63) is 0 Å². The van der Waals surface area contributed by atoms with Crippen LogP contribution in [0.5, 0.6) is 0 Å². The summed E-state index contributed by atoms with van der Waals surface area (Å²) in [5, 5.41) is 4.49. The van der Waals surface area contributed by atoms with Crippen LogP contribution >= 0.6 is 24.4 Å². The van der Waals surface area contributed by atoms with Crippen molar-refractivity contribution in [3.8, 4) is 0 Å². The number of hydrogen-bond donors (Lipinski definition) is 0. The quantitative estimate of drug-likeness (QED) is 0.297. The van der Waals surface area contributed by atoms with E-state index in [4.69, 9.17) is 21.8 Å². The van der Waals surface area contributed by atoms with Gasteiger partial charge in [0, 0.05) is 26.4 Å². The minimum Gasteiger partial charge on any atom is -0.356 e. The van der Waals surface area contributed by atoms with Gasteiger partial charge in [0.2, 0.25) is 0 Å². The fraction of sp³-hybridized carbons (Fsp3) is 0.800. The van der Waals surface area contributed by atoms with Crippen molar-refractivity contribution in [1.29, 1.82) is 0 Å². The number of isothiocyanates is 2. The zero-order valence-electron chi connectivity index (χ0n) is 12.6. The van der Waals surface area contributed by atoms with Gasteiger partial charge in [0.25, 0.3) is 0 Å². The van der Waals surface area contributed by atoms with Crippen LogP contribution in [-0.2, 0) is 21.8 Å². The Morgan fingerprint density at radius 2 is 1.00 bits per heavy atom. The second kappa shape index (κ2) is 11.4. The molecule has 0 aromatic rings. The first-order valence-corrected chi connectivity index (χ1v) is 10.7. The maximum Gasteiger partial charge on any atom is 0.655 e. The second-order valence-electron chi connectivity index (χ2n) is 3.29. The van der Waals surface area contributed by atoms with Crippen LogP contribution in [0.25, 0.3) is 0 Å². The molecule has 0 spiro atoms. The molecule has 0 aliphatic rings. The van der Waals surface area contributed by atoms with Gasteiger partial charge < -0.3 is 21.8 Å². The molecule has 7 nitrogen and oxygen atoms in total. The van der Waals surface area contributed by atoms with Gasteiger partial charge in [0.05, 0.1) is 10.3 Å². The predicted molar refractivity (Wildman–Crippen MR) is 89.1 cm³/mol. The Morgan fingerprint density at radius 1 is 0.714 bits per heavy atom. The summed E-state index contributed by atoms with van der Waals surface area (Å²) in [6, 6.07) is 0. The van der Waals surface area contributed by atoms with Crippen molar-refractivity contribution < 1.29 is 21.8 Å². The van der Waals surface area contributed by atoms with Crippen molar-refractivity contribution in [3.63, 3.8) is 0 Å². The highest BCUT2D eigenvalue weighted by Gasteiger charge is 2.57. The molecule has 0 heterocycles. The van der Waals surface area contributed by atoms with E-state index < -0.39 is 17.9 Å². The highest BCUT2D eigenvalue weighted by Crippen LogP contribution is 2.21. The third-order valence-corrected chi connectivity index (χ3v) is 7.89. The molecular weight excluding hydrogens is 348 g/mol. The molecule has 0 atom stereocenters. The molecular formula is C10H20N2O5S2Si2. The summed E-state index contributed by atoms with van der Waals surface area (Å²) < 4.78 is 36.0. The van der Waals surface area contributed by atoms with E-state index in [9.17, 15) is 0 Å². The molecule has 0 unspecified atom stereocenters. The summed E-state index contributed by atoms with van der Waals surface area (Å²) in [7, 11) is -7.00. The van der Waals surface area contributed by atoms with Crippen LogP contribution < -0.4 is 0 Å². The van der Waals surface area contributed by atoms with Crippen LogP contribution in [0.2, 0.25) is 0 Å². The third kappa shape index (κ3) is 7.09. The Morgan fingerprint density at radius 3 is 1.19 bits per heavy atom. The second-order valence-corrected chi connectivity index (χ2v) is 8.17. The van der Waals surface area contributed by atoms with Crippen molar-refractivity contribution in [2.45, 2.75) is 27.7 Å². The van der Waals surface area contributed by atoms with E-state index in [1.165, 1.54) is 0 Å². The van der Waals surface area contributed by atoms with Gasteiger partial charge in [-0.1, -0.05) is 0 Å². The first kappa shape index (κ1) is 20.8. The fourth-order valence-corrected chi connectivity index (χ4v) is 6.77. The molecule has 0 aromatic heterocycles. The van der Waals surface area contributed by atoms with E-state index in [-0.39, 0.29) is 0 Å². The molecule has 0 bridgehead atoms. The Balaban J connectivity index is 5.63. The lowest BCUT2D eigenvalue weighted by atomic mass is 10.9. The lowest BCUT2D eigenvalue weighted by Crippen LogP contribution is -2.57. The van der Waals surface area contributed by atoms with Gasteiger partial charge in [-0.3, -0.25) is 0 Å². The van der Waals surface area contributed by atoms with Crippen LogP contribution in [-0.4, -0.2) is 54.7 Å². The lowest BCUT2D eigenvalue weighted by Gasteiger charge is -2.30. The number of thiocarbonyl (C=S) groups is 2. The highest BCUT2D eigenvalue weighted by atomic mass is 32.1. The number of nitrogens with zero attached hydrogens (tertiary/aromatic N) is 2. The Hall–Kier alpha value is -0.166. The van der Waals surface area contributed by atoms with Gasteiger partial charge in [-0.05, 0) is 52.1 Å². The minimum atomic E-state index is -3.50. The van der Waals surface area contributed by atoms with Crippen LogP contribution in [0, 0.1) is 0 Å². The molecule has 0 amide bonds. The van der Waals surface area contributed by atoms with Crippen molar-refractivity contribution in [1.82, 2.24) is 0 Å². The van der Waals surface area contributed by atoms with Gasteiger partial charge in [-0.2, -0.15) is 9.32 Å². The van der Waals surface area contributed by atoms with E-state index in [1.54, 1.807) is 27.7 Å². The fourth-order valence-electron chi connectivity index (χ4n) is 1.38. The molecule has 0 fully saturated rings. The van der Waals surface area contributed by atoms with Gasteiger partial charge in [0.1, 0.15) is 0 Å². The third-order valence-electron chi connectivity index (χ3n) is 1.93. The smallest absolute Gasteiger partial charge is 0.356 e. The van der Waals surface area contributed by atoms with Crippen molar-refractivity contribution in [2.24, 2.45) is 9.32 Å². The predicted octanol–water partition coefficient (Wildman–Crippen LogP) is 2.23. The van der Waals surface area contributed by atoms with Crippen LogP contribution in [0.15, 0.2) is 9.32 Å². The van der Waals surface area contributed by atoms with E-state index in [2.05, 4.69) is 44.1 Å². The molecule has 0 saturated carbocycles. The molecule has 0 saturated heterocycles. The topological polar surface area (TPSA) is 70.9 Å². The first-order valence-electron chi connectivity index (χ1n) is 6.51. The maximum atomic E-state index is 5.87. The van der Waals surface area contributed by atoms with E-state index in [1.807, 2.05) is 0 Å². The molecule has 0 aliphatic heterocycles. The highest BCUT2D eigenvalue weighted by molar-refractivity contribution is 7.78. The molecule has 11 heteroatoms. The molecule has 21 heavy (non-hydrogen) atoms. The van der Waals surface area contributed by atoms with Crippen LogP contribution in [0.4, 0.5) is 0 Å². The standard InChI is InChI=1S/C10H20N2O5S2Si2/c1-5-13-20(11-9-18,14-6-2)17-21(12-10-19,15-7-3)16-8-4/h5-8H2,1-4H3. The van der Waals surface area contributed by atoms with E-state index >= 15 is 0 Å². The molecule has 0 aromatic carbocycles. The zero-order chi connectivity index (χ0) is 16.2.